The van der Waals surface area contributed by atoms with Gasteiger partial charge >= 0.3 is 0 Å². The monoisotopic (exact) mass is 270 g/mol. The van der Waals surface area contributed by atoms with Crippen LogP contribution >= 0.6 is 0 Å². The number of fused-ring (bicyclic) bond motifs is 1. The summed E-state index contributed by atoms with van der Waals surface area (Å²) in [6, 6.07) is 10.7. The minimum atomic E-state index is -0.0676. The van der Waals surface area contributed by atoms with E-state index in [0.717, 1.165) is 24.9 Å². The van der Waals surface area contributed by atoms with E-state index >= 15 is 0 Å². The summed E-state index contributed by atoms with van der Waals surface area (Å²) in [5.41, 5.74) is 2.28. The molecule has 1 aromatic carbocycles. The zero-order valence-corrected chi connectivity index (χ0v) is 12.2. The van der Waals surface area contributed by atoms with Crippen molar-refractivity contribution in [3.05, 3.63) is 42.1 Å². The molecule has 1 unspecified atom stereocenters. The van der Waals surface area contributed by atoms with Gasteiger partial charge in [-0.15, -0.1) is 0 Å². The van der Waals surface area contributed by atoms with Crippen molar-refractivity contribution in [2.45, 2.75) is 37.8 Å². The van der Waals surface area contributed by atoms with E-state index in [2.05, 4.69) is 41.5 Å². The van der Waals surface area contributed by atoms with Gasteiger partial charge in [0.1, 0.15) is 0 Å². The van der Waals surface area contributed by atoms with Crippen molar-refractivity contribution in [1.29, 1.82) is 0 Å². The Labute approximate surface area is 120 Å². The third-order valence-electron chi connectivity index (χ3n) is 4.52. The van der Waals surface area contributed by atoms with Crippen molar-refractivity contribution in [3.8, 4) is 0 Å². The summed E-state index contributed by atoms with van der Waals surface area (Å²) in [6.07, 6.45) is 5.35. The van der Waals surface area contributed by atoms with Gasteiger partial charge < -0.3 is 10.1 Å². The molecule has 0 bridgehead atoms. The van der Waals surface area contributed by atoms with Crippen LogP contribution in [0.3, 0.4) is 0 Å². The summed E-state index contributed by atoms with van der Waals surface area (Å²) in [5, 5.41) is 4.81. The molecule has 0 amide bonds. The van der Waals surface area contributed by atoms with E-state index in [1.165, 1.54) is 17.4 Å². The fourth-order valence-corrected chi connectivity index (χ4v) is 3.28. The Balaban J connectivity index is 2.10. The number of rotatable bonds is 5. The highest BCUT2D eigenvalue weighted by molar-refractivity contribution is 5.82. The van der Waals surface area contributed by atoms with Crippen LogP contribution in [-0.4, -0.2) is 24.2 Å². The Morgan fingerprint density at radius 1 is 1.30 bits per heavy atom. The number of pyridine rings is 1. The van der Waals surface area contributed by atoms with Crippen LogP contribution < -0.4 is 5.32 Å². The van der Waals surface area contributed by atoms with Crippen LogP contribution in [0.2, 0.25) is 0 Å². The van der Waals surface area contributed by atoms with E-state index in [9.17, 15) is 0 Å². The Bertz CT molecular complexity index is 582. The lowest BCUT2D eigenvalue weighted by atomic mass is 9.72. The first kappa shape index (κ1) is 13.5. The summed E-state index contributed by atoms with van der Waals surface area (Å²) < 4.78 is 5.90. The lowest BCUT2D eigenvalue weighted by Gasteiger charge is -2.47. The first-order chi connectivity index (χ1) is 9.80. The van der Waals surface area contributed by atoms with Crippen molar-refractivity contribution < 1.29 is 4.74 Å². The Morgan fingerprint density at radius 3 is 2.75 bits per heavy atom. The molecule has 0 radical (unpaired) electrons. The maximum absolute atomic E-state index is 5.90. The molecule has 1 heterocycles. The summed E-state index contributed by atoms with van der Waals surface area (Å²) in [6.45, 7) is 3.08. The van der Waals surface area contributed by atoms with Gasteiger partial charge in [-0.2, -0.15) is 0 Å². The van der Waals surface area contributed by atoms with Crippen molar-refractivity contribution in [3.63, 3.8) is 0 Å². The highest BCUT2D eigenvalue weighted by atomic mass is 16.5. The van der Waals surface area contributed by atoms with Crippen LogP contribution in [0.1, 0.15) is 37.8 Å². The minimum absolute atomic E-state index is 0.0676. The molecule has 0 spiro atoms. The van der Waals surface area contributed by atoms with E-state index in [0.29, 0.717) is 0 Å². The number of benzene rings is 1. The largest absolute Gasteiger partial charge is 0.376 e. The van der Waals surface area contributed by atoms with E-state index in [1.54, 1.807) is 0 Å². The first-order valence-corrected chi connectivity index (χ1v) is 7.43. The molecule has 1 N–H and O–H groups in total. The van der Waals surface area contributed by atoms with Gasteiger partial charge in [0.25, 0.3) is 0 Å². The Hall–Kier alpha value is -1.45. The number of hydrogen-bond donors (Lipinski definition) is 1. The zero-order valence-electron chi connectivity index (χ0n) is 12.2. The molecule has 2 aromatic rings. The van der Waals surface area contributed by atoms with E-state index < -0.39 is 0 Å². The van der Waals surface area contributed by atoms with Crippen LogP contribution in [-0.2, 0) is 4.74 Å². The van der Waals surface area contributed by atoms with Gasteiger partial charge in [0.05, 0.1) is 17.2 Å². The summed E-state index contributed by atoms with van der Waals surface area (Å²) in [5.74, 6) is 0. The average molecular weight is 270 g/mol. The molecule has 1 atom stereocenters. The number of nitrogens with one attached hydrogen (secondary N) is 1. The maximum Gasteiger partial charge on any atom is 0.0873 e. The van der Waals surface area contributed by atoms with Crippen LogP contribution in [0.5, 0.6) is 0 Å². The van der Waals surface area contributed by atoms with Crippen molar-refractivity contribution in [1.82, 2.24) is 10.3 Å². The molecule has 106 valence electrons. The van der Waals surface area contributed by atoms with Gasteiger partial charge in [-0.3, -0.25) is 4.98 Å². The molecule has 1 aliphatic carbocycles. The van der Waals surface area contributed by atoms with Gasteiger partial charge in [-0.1, -0.05) is 31.2 Å². The Morgan fingerprint density at radius 2 is 2.10 bits per heavy atom. The molecule has 0 aliphatic heterocycles. The van der Waals surface area contributed by atoms with Gasteiger partial charge in [-0.25, -0.2) is 0 Å². The van der Waals surface area contributed by atoms with E-state index in [1.807, 2.05) is 19.4 Å². The maximum atomic E-state index is 5.90. The second-order valence-electron chi connectivity index (χ2n) is 5.54. The van der Waals surface area contributed by atoms with Gasteiger partial charge in [0, 0.05) is 18.7 Å². The third kappa shape index (κ3) is 2.11. The number of likely N-dealkylation sites (N-methyl/N-ethyl adjacent to an activating group) is 1. The number of nitrogens with zero attached hydrogens (tertiary/aromatic N) is 1. The number of ether oxygens (including phenoxy) is 1. The number of para-hydroxylation sites is 1. The van der Waals surface area contributed by atoms with Gasteiger partial charge in [0.2, 0.25) is 0 Å². The summed E-state index contributed by atoms with van der Waals surface area (Å²) in [4.78, 5) is 4.59. The SMILES string of the molecule is CCNC(c1cccc2cccnc12)C1(OC)CCC1. The lowest BCUT2D eigenvalue weighted by molar-refractivity contribution is -0.0992. The Kier molecular flexibility index (Phi) is 3.72. The number of aromatic nitrogens is 1. The van der Waals surface area contributed by atoms with Gasteiger partial charge in [0.15, 0.2) is 0 Å². The fourth-order valence-electron chi connectivity index (χ4n) is 3.28. The molecular formula is C17H22N2O. The molecule has 1 aromatic heterocycles. The van der Waals surface area contributed by atoms with Crippen LogP contribution in [0, 0.1) is 0 Å². The predicted molar refractivity (Wildman–Crippen MR) is 81.8 cm³/mol. The van der Waals surface area contributed by atoms with Gasteiger partial charge in [-0.05, 0) is 37.4 Å². The topological polar surface area (TPSA) is 34.2 Å². The smallest absolute Gasteiger partial charge is 0.0873 e. The zero-order chi connectivity index (χ0) is 14.0. The lowest BCUT2D eigenvalue weighted by Crippen LogP contribution is -2.50. The molecule has 0 saturated heterocycles. The normalized spacial score (nSPS) is 18.7. The second-order valence-corrected chi connectivity index (χ2v) is 5.54. The molecule has 3 rings (SSSR count). The molecule has 1 fully saturated rings. The first-order valence-electron chi connectivity index (χ1n) is 7.43. The average Bonchev–Trinajstić information content (AvgIpc) is 2.45. The molecule has 3 nitrogen and oxygen atoms in total. The molecule has 3 heteroatoms. The van der Waals surface area contributed by atoms with E-state index in [-0.39, 0.29) is 11.6 Å². The van der Waals surface area contributed by atoms with Crippen molar-refractivity contribution in [2.24, 2.45) is 0 Å². The van der Waals surface area contributed by atoms with Crippen LogP contribution in [0.25, 0.3) is 10.9 Å². The minimum Gasteiger partial charge on any atom is -0.376 e. The fraction of sp³-hybridized carbons (Fsp3) is 0.471. The third-order valence-corrected chi connectivity index (χ3v) is 4.52. The van der Waals surface area contributed by atoms with Crippen LogP contribution in [0.15, 0.2) is 36.5 Å². The summed E-state index contributed by atoms with van der Waals surface area (Å²) >= 11 is 0. The highest BCUT2D eigenvalue weighted by Crippen LogP contribution is 2.45. The number of methoxy groups -OCH3 is 1. The molecule has 20 heavy (non-hydrogen) atoms. The van der Waals surface area contributed by atoms with Crippen molar-refractivity contribution in [2.75, 3.05) is 13.7 Å². The molecule has 1 aliphatic rings. The quantitative estimate of drug-likeness (QED) is 0.903. The van der Waals surface area contributed by atoms with Crippen molar-refractivity contribution >= 4 is 10.9 Å². The highest BCUT2D eigenvalue weighted by Gasteiger charge is 2.45. The predicted octanol–water partition coefficient (Wildman–Crippen LogP) is 3.45. The number of hydrogen-bond acceptors (Lipinski definition) is 3. The molecular weight excluding hydrogens is 248 g/mol. The standard InChI is InChI=1S/C17H22N2O/c1-3-18-16(17(20-2)10-6-11-17)14-9-4-7-13-8-5-12-19-15(13)14/h4-5,7-9,12,16,18H,3,6,10-11H2,1-2H3. The second kappa shape index (κ2) is 5.51. The van der Waals surface area contributed by atoms with E-state index in [4.69, 9.17) is 4.74 Å². The molecule has 1 saturated carbocycles. The van der Waals surface area contributed by atoms with Crippen LogP contribution in [0.4, 0.5) is 0 Å². The summed E-state index contributed by atoms with van der Waals surface area (Å²) in [7, 11) is 1.84.